The maximum absolute atomic E-state index is 3.69. The summed E-state index contributed by atoms with van der Waals surface area (Å²) < 4.78 is 0. The van der Waals surface area contributed by atoms with Crippen molar-refractivity contribution in [2.75, 3.05) is 0 Å². The Kier molecular flexibility index (Phi) is 6.45. The van der Waals surface area contributed by atoms with Crippen LogP contribution < -0.4 is 0 Å². The van der Waals surface area contributed by atoms with Gasteiger partial charge in [0, 0.05) is 0 Å². The zero-order valence-corrected chi connectivity index (χ0v) is 8.56. The van der Waals surface area contributed by atoms with Gasteiger partial charge in [0.2, 0.25) is 0 Å². The van der Waals surface area contributed by atoms with Crippen LogP contribution in [0.2, 0.25) is 0 Å². The second kappa shape index (κ2) is 6.90. The first kappa shape index (κ1) is 11.2. The molecular weight excluding hydrogens is 144 g/mol. The Balaban J connectivity index is 0.000000561. The van der Waals surface area contributed by atoms with Crippen LogP contribution >= 0.6 is 0 Å². The quantitative estimate of drug-likeness (QED) is 0.543. The van der Waals surface area contributed by atoms with Crippen molar-refractivity contribution in [2.45, 2.75) is 40.0 Å². The SMILES string of the molecule is C=C/C=C1/CCC/C1=C/C.CC. The molecule has 0 aromatic carbocycles. The number of hydrogen-bond acceptors (Lipinski definition) is 0. The topological polar surface area (TPSA) is 0 Å². The summed E-state index contributed by atoms with van der Waals surface area (Å²) in [6, 6.07) is 0. The van der Waals surface area contributed by atoms with E-state index in [4.69, 9.17) is 0 Å². The van der Waals surface area contributed by atoms with Crippen LogP contribution in [0, 0.1) is 0 Å². The molecule has 0 unspecified atom stereocenters. The molecule has 0 bridgehead atoms. The first-order valence-corrected chi connectivity index (χ1v) is 4.85. The molecule has 0 atom stereocenters. The van der Waals surface area contributed by atoms with Gasteiger partial charge in [-0.2, -0.15) is 0 Å². The summed E-state index contributed by atoms with van der Waals surface area (Å²) in [6.07, 6.45) is 10.0. The van der Waals surface area contributed by atoms with Crippen LogP contribution in [0.4, 0.5) is 0 Å². The van der Waals surface area contributed by atoms with Crippen molar-refractivity contribution in [3.05, 3.63) is 36.0 Å². The van der Waals surface area contributed by atoms with E-state index in [0.717, 1.165) is 0 Å². The Labute approximate surface area is 76.7 Å². The lowest BCUT2D eigenvalue weighted by Gasteiger charge is -1.95. The molecule has 0 aromatic rings. The molecule has 0 nitrogen and oxygen atoms in total. The third-order valence-electron chi connectivity index (χ3n) is 1.97. The van der Waals surface area contributed by atoms with Crippen molar-refractivity contribution in [3.63, 3.8) is 0 Å². The van der Waals surface area contributed by atoms with Gasteiger partial charge in [0.15, 0.2) is 0 Å². The Morgan fingerprint density at radius 1 is 1.17 bits per heavy atom. The Hall–Kier alpha value is -0.780. The molecule has 0 heteroatoms. The number of rotatable bonds is 1. The molecule has 0 aromatic heterocycles. The first-order valence-electron chi connectivity index (χ1n) is 4.85. The van der Waals surface area contributed by atoms with E-state index in [1.807, 2.05) is 19.9 Å². The van der Waals surface area contributed by atoms with Crippen LogP contribution in [0.1, 0.15) is 40.0 Å². The number of hydrogen-bond donors (Lipinski definition) is 0. The predicted octanol–water partition coefficient (Wildman–Crippen LogP) is 4.26. The van der Waals surface area contributed by atoms with Crippen molar-refractivity contribution >= 4 is 0 Å². The highest BCUT2D eigenvalue weighted by Crippen LogP contribution is 2.29. The summed E-state index contributed by atoms with van der Waals surface area (Å²) in [6.45, 7) is 9.80. The first-order chi connectivity index (χ1) is 5.88. The molecule has 12 heavy (non-hydrogen) atoms. The molecule has 0 saturated heterocycles. The molecule has 1 aliphatic carbocycles. The minimum atomic E-state index is 1.24. The van der Waals surface area contributed by atoms with Crippen molar-refractivity contribution in [2.24, 2.45) is 0 Å². The van der Waals surface area contributed by atoms with E-state index in [0.29, 0.717) is 0 Å². The summed E-state index contributed by atoms with van der Waals surface area (Å²) in [7, 11) is 0. The minimum Gasteiger partial charge on any atom is -0.0991 e. The molecular formula is C12H20. The zero-order valence-electron chi connectivity index (χ0n) is 8.56. The van der Waals surface area contributed by atoms with Gasteiger partial charge in [-0.15, -0.1) is 0 Å². The fraction of sp³-hybridized carbons (Fsp3) is 0.500. The highest BCUT2D eigenvalue weighted by Gasteiger charge is 2.10. The number of allylic oxidation sites excluding steroid dienone is 5. The van der Waals surface area contributed by atoms with Crippen molar-refractivity contribution < 1.29 is 0 Å². The van der Waals surface area contributed by atoms with Crippen LogP contribution in [-0.2, 0) is 0 Å². The lowest BCUT2D eigenvalue weighted by Crippen LogP contribution is -1.75. The molecule has 0 radical (unpaired) electrons. The van der Waals surface area contributed by atoms with Gasteiger partial charge < -0.3 is 0 Å². The van der Waals surface area contributed by atoms with E-state index >= 15 is 0 Å². The molecule has 0 N–H and O–H groups in total. The summed E-state index contributed by atoms with van der Waals surface area (Å²) in [5.41, 5.74) is 3.00. The molecule has 0 heterocycles. The van der Waals surface area contributed by atoms with Gasteiger partial charge in [-0.3, -0.25) is 0 Å². The Morgan fingerprint density at radius 2 is 1.75 bits per heavy atom. The highest BCUT2D eigenvalue weighted by molar-refractivity contribution is 5.36. The summed E-state index contributed by atoms with van der Waals surface area (Å²) >= 11 is 0. The normalized spacial score (nSPS) is 22.2. The van der Waals surface area contributed by atoms with Crippen LogP contribution in [0.3, 0.4) is 0 Å². The predicted molar refractivity (Wildman–Crippen MR) is 57.2 cm³/mol. The van der Waals surface area contributed by atoms with E-state index in [9.17, 15) is 0 Å². The van der Waals surface area contributed by atoms with Crippen LogP contribution in [0.15, 0.2) is 36.0 Å². The van der Waals surface area contributed by atoms with Gasteiger partial charge in [0.05, 0.1) is 0 Å². The van der Waals surface area contributed by atoms with Gasteiger partial charge in [0.1, 0.15) is 0 Å². The minimum absolute atomic E-state index is 1.24. The second-order valence-electron chi connectivity index (χ2n) is 2.60. The van der Waals surface area contributed by atoms with E-state index in [2.05, 4.69) is 25.7 Å². The third kappa shape index (κ3) is 3.08. The fourth-order valence-electron chi connectivity index (χ4n) is 1.45. The van der Waals surface area contributed by atoms with Crippen molar-refractivity contribution in [1.82, 2.24) is 0 Å². The van der Waals surface area contributed by atoms with Gasteiger partial charge >= 0.3 is 0 Å². The average molecular weight is 164 g/mol. The molecule has 1 saturated carbocycles. The monoisotopic (exact) mass is 164 g/mol. The lowest BCUT2D eigenvalue weighted by molar-refractivity contribution is 0.932. The van der Waals surface area contributed by atoms with Crippen molar-refractivity contribution in [1.29, 1.82) is 0 Å². The molecule has 1 rings (SSSR count). The average Bonchev–Trinajstić information content (AvgIpc) is 2.56. The van der Waals surface area contributed by atoms with Crippen LogP contribution in [0.25, 0.3) is 0 Å². The smallest absolute Gasteiger partial charge is 0.0273 e. The van der Waals surface area contributed by atoms with Gasteiger partial charge in [-0.25, -0.2) is 0 Å². The standard InChI is InChI=1S/C10H14.C2H6/c1-3-6-10-8-5-7-9(10)4-2;1-2/h3-4,6H,1,5,7-8H2,2H3;1-2H3/b9-4-,10-6-;. The van der Waals surface area contributed by atoms with Gasteiger partial charge in [0.25, 0.3) is 0 Å². The fourth-order valence-corrected chi connectivity index (χ4v) is 1.45. The van der Waals surface area contributed by atoms with Gasteiger partial charge in [-0.05, 0) is 37.3 Å². The third-order valence-corrected chi connectivity index (χ3v) is 1.97. The maximum atomic E-state index is 3.69. The molecule has 0 amide bonds. The highest BCUT2D eigenvalue weighted by atomic mass is 14.2. The Morgan fingerprint density at radius 3 is 2.25 bits per heavy atom. The molecule has 0 spiro atoms. The van der Waals surface area contributed by atoms with E-state index in [1.165, 1.54) is 30.4 Å². The van der Waals surface area contributed by atoms with E-state index in [1.54, 1.807) is 0 Å². The summed E-state index contributed by atoms with van der Waals surface area (Å²) in [5, 5.41) is 0. The van der Waals surface area contributed by atoms with E-state index < -0.39 is 0 Å². The maximum Gasteiger partial charge on any atom is -0.0273 e. The molecule has 68 valence electrons. The van der Waals surface area contributed by atoms with E-state index in [-0.39, 0.29) is 0 Å². The summed E-state index contributed by atoms with van der Waals surface area (Å²) in [4.78, 5) is 0. The molecule has 1 aliphatic rings. The largest absolute Gasteiger partial charge is 0.0991 e. The van der Waals surface area contributed by atoms with Gasteiger partial charge in [-0.1, -0.05) is 38.7 Å². The lowest BCUT2D eigenvalue weighted by atomic mass is 10.1. The second-order valence-corrected chi connectivity index (χ2v) is 2.60. The molecule has 1 fully saturated rings. The van der Waals surface area contributed by atoms with Crippen molar-refractivity contribution in [3.8, 4) is 0 Å². The van der Waals surface area contributed by atoms with Crippen LogP contribution in [-0.4, -0.2) is 0 Å². The zero-order chi connectivity index (χ0) is 9.40. The van der Waals surface area contributed by atoms with Crippen LogP contribution in [0.5, 0.6) is 0 Å². The Bertz CT molecular complexity index is 182. The molecule has 0 aliphatic heterocycles. The summed E-state index contributed by atoms with van der Waals surface area (Å²) in [5.74, 6) is 0.